The van der Waals surface area contributed by atoms with E-state index in [9.17, 15) is 30.7 Å². The Balaban J connectivity index is 3.16. The second kappa shape index (κ2) is 4.75. The van der Waals surface area contributed by atoms with Crippen LogP contribution in [0.4, 0.5) is 36.4 Å². The van der Waals surface area contributed by atoms with Gasteiger partial charge in [0, 0.05) is 0 Å². The van der Waals surface area contributed by atoms with E-state index in [4.69, 9.17) is 11.6 Å². The van der Waals surface area contributed by atoms with Gasteiger partial charge in [0.1, 0.15) is 11.5 Å². The zero-order valence-electron chi connectivity index (χ0n) is 8.20. The quantitative estimate of drug-likeness (QED) is 0.527. The van der Waals surface area contributed by atoms with Crippen LogP contribution in [0.2, 0.25) is 0 Å². The number of alkyl halides is 6. The van der Waals surface area contributed by atoms with Crippen molar-refractivity contribution in [3.05, 3.63) is 29.6 Å². The molecular formula is C9H3ClF7N. The molecule has 0 unspecified atom stereocenters. The molecule has 1 aromatic carbocycles. The molecule has 0 aromatic heterocycles. The molecule has 0 radical (unpaired) electrons. The highest BCUT2D eigenvalue weighted by atomic mass is 35.5. The van der Waals surface area contributed by atoms with Crippen molar-refractivity contribution < 1.29 is 30.7 Å². The summed E-state index contributed by atoms with van der Waals surface area (Å²) in [6, 6.07) is 0.911. The number of hydrogen-bond donors (Lipinski definition) is 0. The van der Waals surface area contributed by atoms with Crippen LogP contribution >= 0.6 is 11.6 Å². The molecule has 0 saturated carbocycles. The van der Waals surface area contributed by atoms with Crippen molar-refractivity contribution in [3.63, 3.8) is 0 Å². The summed E-state index contributed by atoms with van der Waals surface area (Å²) in [4.78, 5) is 2.67. The minimum Gasteiger partial charge on any atom is -0.229 e. The topological polar surface area (TPSA) is 12.4 Å². The maximum absolute atomic E-state index is 13.1. The molecule has 1 rings (SSSR count). The lowest BCUT2D eigenvalue weighted by Crippen LogP contribution is -2.16. The molecule has 0 heterocycles. The van der Waals surface area contributed by atoms with Crippen LogP contribution in [0.3, 0.4) is 0 Å². The van der Waals surface area contributed by atoms with Crippen molar-refractivity contribution in [3.8, 4) is 0 Å². The van der Waals surface area contributed by atoms with Crippen LogP contribution < -0.4 is 0 Å². The molecule has 1 nitrogen and oxygen atoms in total. The normalized spacial score (nSPS) is 13.9. The van der Waals surface area contributed by atoms with Gasteiger partial charge in [-0.1, -0.05) is 11.6 Å². The summed E-state index contributed by atoms with van der Waals surface area (Å²) in [6.45, 7) is 0. The first kappa shape index (κ1) is 14.7. The standard InChI is InChI=1S/C9H3ClF7N/c10-7(9(15,16)17)18-6-2-1-4(3-5(6)11)8(12,13)14/h1-3H. The zero-order valence-corrected chi connectivity index (χ0v) is 8.96. The SMILES string of the molecule is Fc1cc(C(F)(F)F)ccc1N=C(Cl)C(F)(F)F. The van der Waals surface area contributed by atoms with Crippen LogP contribution in [0, 0.1) is 5.82 Å². The Bertz CT molecular complexity index is 475. The van der Waals surface area contributed by atoms with E-state index in [1.54, 1.807) is 0 Å². The molecule has 0 fully saturated rings. The number of rotatable bonds is 1. The van der Waals surface area contributed by atoms with Crippen molar-refractivity contribution in [1.29, 1.82) is 0 Å². The van der Waals surface area contributed by atoms with Crippen molar-refractivity contribution in [2.24, 2.45) is 4.99 Å². The van der Waals surface area contributed by atoms with Gasteiger partial charge in [-0.25, -0.2) is 9.38 Å². The van der Waals surface area contributed by atoms with E-state index in [1.165, 1.54) is 0 Å². The zero-order chi connectivity index (χ0) is 14.1. The molecule has 0 bridgehead atoms. The van der Waals surface area contributed by atoms with Gasteiger partial charge in [-0.15, -0.1) is 0 Å². The Labute approximate surface area is 101 Å². The van der Waals surface area contributed by atoms with Gasteiger partial charge in [0.05, 0.1) is 5.56 Å². The first-order valence-corrected chi connectivity index (χ1v) is 4.58. The lowest BCUT2D eigenvalue weighted by Gasteiger charge is -2.08. The molecule has 0 saturated heterocycles. The smallest absolute Gasteiger partial charge is 0.229 e. The average molecular weight is 294 g/mol. The first-order chi connectivity index (χ1) is 8.01. The van der Waals surface area contributed by atoms with E-state index in [0.29, 0.717) is 12.1 Å². The van der Waals surface area contributed by atoms with Gasteiger partial charge in [0.2, 0.25) is 5.17 Å². The number of aliphatic imine (C=N–C) groups is 1. The Morgan fingerprint density at radius 3 is 2.00 bits per heavy atom. The van der Waals surface area contributed by atoms with Crippen molar-refractivity contribution >= 4 is 22.5 Å². The molecule has 0 atom stereocenters. The summed E-state index contributed by atoms with van der Waals surface area (Å²) in [5, 5.41) is -1.87. The minimum absolute atomic E-state index is 0.0410. The summed E-state index contributed by atoms with van der Waals surface area (Å²) in [7, 11) is 0. The number of benzene rings is 1. The Morgan fingerprint density at radius 1 is 1.06 bits per heavy atom. The molecule has 0 spiro atoms. The fourth-order valence-electron chi connectivity index (χ4n) is 0.943. The van der Waals surface area contributed by atoms with E-state index in [0.717, 1.165) is 0 Å². The molecule has 18 heavy (non-hydrogen) atoms. The third-order valence-electron chi connectivity index (χ3n) is 1.73. The maximum Gasteiger partial charge on any atom is 0.444 e. The summed E-state index contributed by atoms with van der Waals surface area (Å²) < 4.78 is 85.4. The summed E-state index contributed by atoms with van der Waals surface area (Å²) in [6.07, 6.45) is -9.78. The predicted molar refractivity (Wildman–Crippen MR) is 50.4 cm³/mol. The van der Waals surface area contributed by atoms with Crippen LogP contribution in [0.15, 0.2) is 23.2 Å². The fourth-order valence-corrected chi connectivity index (χ4v) is 1.03. The highest BCUT2D eigenvalue weighted by Gasteiger charge is 2.35. The van der Waals surface area contributed by atoms with Crippen LogP contribution in [-0.2, 0) is 6.18 Å². The Hall–Kier alpha value is -1.31. The molecule has 0 aliphatic rings. The van der Waals surface area contributed by atoms with E-state index in [1.807, 2.05) is 0 Å². The monoisotopic (exact) mass is 293 g/mol. The molecule has 0 N–H and O–H groups in total. The lowest BCUT2D eigenvalue weighted by molar-refractivity contribution is -0.137. The predicted octanol–water partition coefficient (Wildman–Crippen LogP) is 4.68. The van der Waals surface area contributed by atoms with Gasteiger partial charge in [-0.2, -0.15) is 26.3 Å². The largest absolute Gasteiger partial charge is 0.444 e. The van der Waals surface area contributed by atoms with E-state index < -0.39 is 34.6 Å². The molecule has 0 amide bonds. The van der Waals surface area contributed by atoms with Gasteiger partial charge >= 0.3 is 12.4 Å². The van der Waals surface area contributed by atoms with Crippen LogP contribution in [-0.4, -0.2) is 11.3 Å². The minimum atomic E-state index is -4.99. The summed E-state index contributed by atoms with van der Waals surface area (Å²) in [5.41, 5.74) is -2.26. The van der Waals surface area contributed by atoms with Crippen molar-refractivity contribution in [2.75, 3.05) is 0 Å². The molecule has 0 aliphatic heterocycles. The maximum atomic E-state index is 13.1. The fraction of sp³-hybridized carbons (Fsp3) is 0.222. The van der Waals surface area contributed by atoms with Crippen LogP contribution in [0.25, 0.3) is 0 Å². The summed E-state index contributed by atoms with van der Waals surface area (Å²) in [5.74, 6) is -1.55. The van der Waals surface area contributed by atoms with Gasteiger partial charge < -0.3 is 0 Å². The molecule has 9 heteroatoms. The molecule has 100 valence electrons. The van der Waals surface area contributed by atoms with Crippen LogP contribution in [0.5, 0.6) is 0 Å². The third-order valence-corrected chi connectivity index (χ3v) is 2.03. The highest BCUT2D eigenvalue weighted by Crippen LogP contribution is 2.33. The van der Waals surface area contributed by atoms with Gasteiger partial charge in [0.25, 0.3) is 0 Å². The second-order valence-corrected chi connectivity index (χ2v) is 3.42. The van der Waals surface area contributed by atoms with E-state index in [-0.39, 0.29) is 6.07 Å². The Kier molecular flexibility index (Phi) is 3.89. The highest BCUT2D eigenvalue weighted by molar-refractivity contribution is 6.67. The number of nitrogens with zero attached hydrogens (tertiary/aromatic N) is 1. The first-order valence-electron chi connectivity index (χ1n) is 4.20. The third kappa shape index (κ3) is 3.59. The van der Waals surface area contributed by atoms with Gasteiger partial charge in [-0.05, 0) is 18.2 Å². The molecule has 0 aliphatic carbocycles. The van der Waals surface area contributed by atoms with Gasteiger partial charge in [0.15, 0.2) is 0 Å². The molecule has 1 aromatic rings. The van der Waals surface area contributed by atoms with Gasteiger partial charge in [-0.3, -0.25) is 0 Å². The second-order valence-electron chi connectivity index (χ2n) is 3.06. The van der Waals surface area contributed by atoms with E-state index >= 15 is 0 Å². The van der Waals surface area contributed by atoms with Crippen LogP contribution in [0.1, 0.15) is 5.56 Å². The van der Waals surface area contributed by atoms with E-state index in [2.05, 4.69) is 4.99 Å². The number of halogens is 8. The molecular weight excluding hydrogens is 291 g/mol. The van der Waals surface area contributed by atoms with Crippen molar-refractivity contribution in [2.45, 2.75) is 12.4 Å². The average Bonchev–Trinajstić information content (AvgIpc) is 2.17. The lowest BCUT2D eigenvalue weighted by atomic mass is 10.2. The van der Waals surface area contributed by atoms with Crippen molar-refractivity contribution in [1.82, 2.24) is 0 Å². The summed E-state index contributed by atoms with van der Waals surface area (Å²) >= 11 is 4.73. The Morgan fingerprint density at radius 2 is 1.61 bits per heavy atom. The number of hydrogen-bond acceptors (Lipinski definition) is 1.